The molecule has 5 saturated carbocycles. The molecule has 1 aromatic heterocycles. The third-order valence-electron chi connectivity index (χ3n) is 23.4. The van der Waals surface area contributed by atoms with E-state index in [1.165, 1.54) is 172 Å². The Labute approximate surface area is 553 Å². The number of fused-ring (bicyclic) bond motifs is 1. The van der Waals surface area contributed by atoms with E-state index < -0.39 is 0 Å². The predicted octanol–water partition coefficient (Wildman–Crippen LogP) is 19.3. The first-order valence-electron chi connectivity index (χ1n) is 37.3. The molecule has 1 amide bonds. The fourth-order valence-electron chi connectivity index (χ4n) is 16.9. The van der Waals surface area contributed by atoms with Gasteiger partial charge in [-0.05, 0) is 192 Å². The summed E-state index contributed by atoms with van der Waals surface area (Å²) in [6.07, 6.45) is 32.1. The van der Waals surface area contributed by atoms with E-state index in [0.717, 1.165) is 121 Å². The normalized spacial score (nSPS) is 27.4. The van der Waals surface area contributed by atoms with E-state index in [9.17, 15) is 4.79 Å². The molecule has 4 aromatic rings. The Hall–Kier alpha value is -3.79. The van der Waals surface area contributed by atoms with Crippen molar-refractivity contribution in [2.24, 2.45) is 59.2 Å². The van der Waals surface area contributed by atoms with Crippen LogP contribution in [-0.4, -0.2) is 107 Å². The van der Waals surface area contributed by atoms with Crippen LogP contribution in [0.4, 0.5) is 0 Å². The number of hydrogen-bond acceptors (Lipinski definition) is 7. The van der Waals surface area contributed by atoms with Crippen molar-refractivity contribution in [3.05, 3.63) is 131 Å². The molecule has 0 bridgehead atoms. The fraction of sp³-hybridized carbons (Fsp3) is 0.720. The van der Waals surface area contributed by atoms with Gasteiger partial charge in [0.1, 0.15) is 5.76 Å². The van der Waals surface area contributed by atoms with E-state index in [4.69, 9.17) is 4.42 Å². The molecule has 1 N–H and O–H groups in total. The highest BCUT2D eigenvalue weighted by atomic mass is 16.3. The van der Waals surface area contributed by atoms with Gasteiger partial charge in [0.15, 0.2) is 0 Å². The third kappa shape index (κ3) is 24.5. The van der Waals surface area contributed by atoms with Gasteiger partial charge in [-0.15, -0.1) is 0 Å². The number of amides is 1. The van der Waals surface area contributed by atoms with Crippen LogP contribution in [0.1, 0.15) is 239 Å². The number of likely N-dealkylation sites (tertiary alicyclic amines) is 1. The van der Waals surface area contributed by atoms with Gasteiger partial charge in [-0.2, -0.15) is 0 Å². The molecule has 5 aliphatic carbocycles. The van der Waals surface area contributed by atoms with Crippen molar-refractivity contribution >= 4 is 5.91 Å². The molecule has 504 valence electrons. The molecule has 11 unspecified atom stereocenters. The lowest BCUT2D eigenvalue weighted by Crippen LogP contribution is -2.41. The average Bonchev–Trinajstić information content (AvgIpc) is 4.52. The van der Waals surface area contributed by atoms with E-state index in [2.05, 4.69) is 211 Å². The molecule has 0 spiro atoms. The molecule has 3 heterocycles. The monoisotopic (exact) mass is 1240 g/mol. The van der Waals surface area contributed by atoms with E-state index in [1.807, 2.05) is 6.07 Å². The number of carbonyl (C=O) groups is 1. The smallest absolute Gasteiger partial charge is 0.217 e. The second-order valence-electron chi connectivity index (χ2n) is 31.6. The molecular weight excluding hydrogens is 1100 g/mol. The van der Waals surface area contributed by atoms with Crippen LogP contribution >= 0.6 is 0 Å². The number of furan rings is 1. The number of hydrogen-bond donors (Lipinski definition) is 1. The molecule has 8 heteroatoms. The summed E-state index contributed by atoms with van der Waals surface area (Å²) in [6.45, 7) is 33.2. The molecule has 11 rings (SSSR count). The Bertz CT molecular complexity index is 2500. The van der Waals surface area contributed by atoms with Gasteiger partial charge in [-0.1, -0.05) is 218 Å². The van der Waals surface area contributed by atoms with E-state index in [1.54, 1.807) is 24.3 Å². The molecular formula is C82H134N6O2. The summed E-state index contributed by atoms with van der Waals surface area (Å²) in [5.74, 6) is 10.0. The highest BCUT2D eigenvalue weighted by molar-refractivity contribution is 5.73. The minimum absolute atomic E-state index is 0.116. The van der Waals surface area contributed by atoms with E-state index in [0.29, 0.717) is 6.04 Å². The summed E-state index contributed by atoms with van der Waals surface area (Å²) in [7, 11) is 6.84. The third-order valence-corrected chi connectivity index (χ3v) is 23.4. The summed E-state index contributed by atoms with van der Waals surface area (Å²) >= 11 is 0. The van der Waals surface area contributed by atoms with Gasteiger partial charge in [0.25, 0.3) is 0 Å². The van der Waals surface area contributed by atoms with Gasteiger partial charge >= 0.3 is 0 Å². The van der Waals surface area contributed by atoms with Crippen molar-refractivity contribution in [3.8, 4) is 0 Å². The molecule has 6 fully saturated rings. The Morgan fingerprint density at radius 1 is 0.467 bits per heavy atom. The van der Waals surface area contributed by atoms with Crippen LogP contribution in [0.15, 0.2) is 108 Å². The Kier molecular flexibility index (Phi) is 31.5. The predicted molar refractivity (Wildman–Crippen MR) is 383 cm³/mol. The zero-order valence-corrected chi connectivity index (χ0v) is 60.1. The lowest BCUT2D eigenvalue weighted by molar-refractivity contribution is -0.119. The van der Waals surface area contributed by atoms with Crippen molar-refractivity contribution in [3.63, 3.8) is 0 Å². The second kappa shape index (κ2) is 38.5. The average molecular weight is 1240 g/mol. The Balaban J connectivity index is 0.000000160. The summed E-state index contributed by atoms with van der Waals surface area (Å²) in [5, 5.41) is 3.06. The van der Waals surface area contributed by atoms with Crippen molar-refractivity contribution in [2.75, 3.05) is 40.8 Å². The first-order valence-corrected chi connectivity index (χ1v) is 37.3. The molecule has 8 nitrogen and oxygen atoms in total. The van der Waals surface area contributed by atoms with E-state index in [-0.39, 0.29) is 5.91 Å². The zero-order chi connectivity index (χ0) is 64.5. The lowest BCUT2D eigenvalue weighted by atomic mass is 9.79. The maximum atomic E-state index is 11.1. The highest BCUT2D eigenvalue weighted by Gasteiger charge is 2.35. The second-order valence-corrected chi connectivity index (χ2v) is 31.6. The standard InChI is InChI=1S/C18H29N.C17H25N.C17H27N.C15H28N2O.C15H25NO/c1-15(2)17-10-7-11-18(14-17)19(3)13-12-16-8-5-4-6-9-16;1-13(2)14-8-5-9-17(10-14)18-11-15-6-3-4-7-16(15)12-18;1-14(2)16-10-7-11-17(12-16)18(3)13-15-8-5-4-6-9-15;1-11(2)13-5-4-6-15(9-13)17-8-7-14(10-17)16-12(3)18;1-12(2)13-6-4-7-14(10-13)16(3)11-15-8-5-9-17-15/h4-6,8-9,15,17-18H,7,10-14H2,1-3H3;3-4,6-7,13-14,17H,5,8-12H2,1-2H3;4-6,8-9,14,16-17H,7,10-13H2,1-3H3;11,13-15H,4-10H2,1-3H3,(H,16,18);5,8-9,12-14H,4,6-7,10-11H2,1-3H3. The van der Waals surface area contributed by atoms with Gasteiger partial charge in [0, 0.05) is 82.4 Å². The minimum Gasteiger partial charge on any atom is -0.468 e. The molecule has 7 aliphatic rings. The maximum absolute atomic E-state index is 11.1. The zero-order valence-electron chi connectivity index (χ0n) is 60.1. The molecule has 0 radical (unpaired) electrons. The van der Waals surface area contributed by atoms with Crippen LogP contribution in [0, 0.1) is 59.2 Å². The maximum Gasteiger partial charge on any atom is 0.217 e. The molecule has 11 atom stereocenters. The summed E-state index contributed by atoms with van der Waals surface area (Å²) in [5.41, 5.74) is 6.02. The van der Waals surface area contributed by atoms with Gasteiger partial charge in [-0.25, -0.2) is 0 Å². The molecule has 2 aliphatic heterocycles. The van der Waals surface area contributed by atoms with Gasteiger partial charge < -0.3 is 14.6 Å². The van der Waals surface area contributed by atoms with Gasteiger partial charge in [-0.3, -0.25) is 24.4 Å². The molecule has 90 heavy (non-hydrogen) atoms. The first kappa shape index (κ1) is 73.6. The Morgan fingerprint density at radius 2 is 0.878 bits per heavy atom. The number of benzene rings is 3. The van der Waals surface area contributed by atoms with Crippen LogP contribution in [0.25, 0.3) is 0 Å². The Morgan fingerprint density at radius 3 is 1.32 bits per heavy atom. The molecule has 3 aromatic carbocycles. The van der Waals surface area contributed by atoms with Crippen LogP contribution < -0.4 is 5.32 Å². The van der Waals surface area contributed by atoms with Crippen LogP contribution in [0.2, 0.25) is 0 Å². The largest absolute Gasteiger partial charge is 0.468 e. The summed E-state index contributed by atoms with van der Waals surface area (Å²) in [4.78, 5) is 24.1. The van der Waals surface area contributed by atoms with Gasteiger partial charge in [0.2, 0.25) is 5.91 Å². The fourth-order valence-corrected chi connectivity index (χ4v) is 16.9. The first-order chi connectivity index (χ1) is 43.3. The minimum atomic E-state index is 0.116. The topological polar surface area (TPSA) is 58.4 Å². The van der Waals surface area contributed by atoms with Crippen molar-refractivity contribution in [1.82, 2.24) is 29.8 Å². The van der Waals surface area contributed by atoms with Crippen LogP contribution in [0.3, 0.4) is 0 Å². The highest BCUT2D eigenvalue weighted by Crippen LogP contribution is 2.39. The molecule has 1 saturated heterocycles. The summed E-state index contributed by atoms with van der Waals surface area (Å²) < 4.78 is 5.43. The number of carbonyl (C=O) groups excluding carboxylic acids is 1. The quantitative estimate of drug-likeness (QED) is 0.107. The van der Waals surface area contributed by atoms with Crippen LogP contribution in [-0.2, 0) is 37.4 Å². The SMILES string of the molecule is CC(=O)NC1CCN(C2CCCC(C(C)C)C2)C1.CC(C)C1CCCC(N(C)CCc2ccccc2)C1.CC(C)C1CCCC(N(C)Cc2ccccc2)C1.CC(C)C1CCCC(N(C)Cc2ccco2)C1.CC(C)C1CCCC(N2Cc3ccccc3C2)C1. The van der Waals surface area contributed by atoms with Crippen molar-refractivity contribution in [2.45, 2.75) is 280 Å². The number of likely N-dealkylation sites (N-methyl/N-ethyl adjacent to an activating group) is 1. The summed E-state index contributed by atoms with van der Waals surface area (Å²) in [6, 6.07) is 39.0. The van der Waals surface area contributed by atoms with Crippen LogP contribution in [0.5, 0.6) is 0 Å². The van der Waals surface area contributed by atoms with Crippen molar-refractivity contribution in [1.29, 1.82) is 0 Å². The number of nitrogens with one attached hydrogen (secondary N) is 1. The van der Waals surface area contributed by atoms with Crippen molar-refractivity contribution < 1.29 is 9.21 Å². The van der Waals surface area contributed by atoms with E-state index >= 15 is 0 Å². The number of rotatable bonds is 18. The lowest BCUT2D eigenvalue weighted by Gasteiger charge is -2.37. The number of nitrogens with zero attached hydrogens (tertiary/aromatic N) is 5. The van der Waals surface area contributed by atoms with Gasteiger partial charge in [0.05, 0.1) is 12.8 Å².